The minimum atomic E-state index is 0.676. The normalized spacial score (nSPS) is 24.5. The molecule has 2 nitrogen and oxygen atoms in total. The quantitative estimate of drug-likeness (QED) is 0.807. The number of rotatable bonds is 2. The zero-order chi connectivity index (χ0) is 9.80. The molecular weight excluding hydrogens is 192 g/mol. The Kier molecular flexibility index (Phi) is 3.43. The van der Waals surface area contributed by atoms with Crippen LogP contribution in [0.5, 0.6) is 0 Å². The van der Waals surface area contributed by atoms with Gasteiger partial charge in [-0.2, -0.15) is 11.3 Å². The second kappa shape index (κ2) is 4.80. The van der Waals surface area contributed by atoms with Crippen molar-refractivity contribution in [1.82, 2.24) is 4.90 Å². The first kappa shape index (κ1) is 9.99. The smallest absolute Gasteiger partial charge is 0.0450 e. The van der Waals surface area contributed by atoms with Gasteiger partial charge in [-0.05, 0) is 50.8 Å². The topological polar surface area (TPSA) is 15.3 Å². The standard InChI is InChI=1S/C11H18N2S/c1-13-6-2-3-10(4-7-13)12-11-5-8-14-9-11/h5,8-10,12H,2-4,6-7H2,1H3. The maximum Gasteiger partial charge on any atom is 0.0450 e. The molecular formula is C11H18N2S. The predicted molar refractivity (Wildman–Crippen MR) is 63.1 cm³/mol. The van der Waals surface area contributed by atoms with Crippen molar-refractivity contribution in [3.8, 4) is 0 Å². The molecule has 0 saturated carbocycles. The maximum absolute atomic E-state index is 3.61. The van der Waals surface area contributed by atoms with Crippen LogP contribution in [0.4, 0.5) is 5.69 Å². The molecule has 1 aromatic rings. The summed E-state index contributed by atoms with van der Waals surface area (Å²) in [4.78, 5) is 2.43. The highest BCUT2D eigenvalue weighted by Crippen LogP contribution is 2.18. The molecule has 0 spiro atoms. The molecule has 1 unspecified atom stereocenters. The summed E-state index contributed by atoms with van der Waals surface area (Å²) in [6.45, 7) is 2.48. The first-order valence-electron chi connectivity index (χ1n) is 5.32. The summed E-state index contributed by atoms with van der Waals surface area (Å²) in [5.74, 6) is 0. The van der Waals surface area contributed by atoms with Crippen molar-refractivity contribution >= 4 is 17.0 Å². The van der Waals surface area contributed by atoms with Crippen LogP contribution in [0.1, 0.15) is 19.3 Å². The third kappa shape index (κ3) is 2.72. The third-order valence-electron chi connectivity index (χ3n) is 2.84. The average Bonchev–Trinajstić information content (AvgIpc) is 2.58. The number of hydrogen-bond donors (Lipinski definition) is 1. The van der Waals surface area contributed by atoms with Gasteiger partial charge >= 0.3 is 0 Å². The lowest BCUT2D eigenvalue weighted by Gasteiger charge is -2.16. The van der Waals surface area contributed by atoms with Crippen LogP contribution in [-0.4, -0.2) is 31.1 Å². The number of thiophene rings is 1. The van der Waals surface area contributed by atoms with E-state index in [9.17, 15) is 0 Å². The molecule has 2 heterocycles. The molecule has 78 valence electrons. The van der Waals surface area contributed by atoms with E-state index in [2.05, 4.69) is 34.1 Å². The Bertz CT molecular complexity index is 258. The Morgan fingerprint density at radius 3 is 3.14 bits per heavy atom. The average molecular weight is 210 g/mol. The number of anilines is 1. The molecule has 1 aliphatic rings. The Hall–Kier alpha value is -0.540. The zero-order valence-corrected chi connectivity index (χ0v) is 9.52. The van der Waals surface area contributed by atoms with Crippen LogP contribution in [0.3, 0.4) is 0 Å². The largest absolute Gasteiger partial charge is 0.382 e. The minimum Gasteiger partial charge on any atom is -0.382 e. The molecule has 0 radical (unpaired) electrons. The highest BCUT2D eigenvalue weighted by atomic mass is 32.1. The van der Waals surface area contributed by atoms with Gasteiger partial charge in [-0.15, -0.1) is 0 Å². The van der Waals surface area contributed by atoms with Gasteiger partial charge in [0.15, 0.2) is 0 Å². The van der Waals surface area contributed by atoms with E-state index in [1.165, 1.54) is 38.0 Å². The Morgan fingerprint density at radius 2 is 2.36 bits per heavy atom. The molecule has 2 rings (SSSR count). The van der Waals surface area contributed by atoms with Gasteiger partial charge in [0.05, 0.1) is 0 Å². The Balaban J connectivity index is 1.86. The lowest BCUT2D eigenvalue weighted by Crippen LogP contribution is -2.22. The molecule has 1 atom stereocenters. The van der Waals surface area contributed by atoms with Crippen LogP contribution in [0, 0.1) is 0 Å². The van der Waals surface area contributed by atoms with Crippen LogP contribution >= 0.6 is 11.3 Å². The van der Waals surface area contributed by atoms with Crippen molar-refractivity contribution in [3.63, 3.8) is 0 Å². The second-order valence-electron chi connectivity index (χ2n) is 4.09. The van der Waals surface area contributed by atoms with Crippen molar-refractivity contribution in [2.45, 2.75) is 25.3 Å². The van der Waals surface area contributed by atoms with Gasteiger partial charge in [0.1, 0.15) is 0 Å². The van der Waals surface area contributed by atoms with E-state index in [1.807, 2.05) is 0 Å². The molecule has 0 bridgehead atoms. The van der Waals surface area contributed by atoms with Gasteiger partial charge in [0, 0.05) is 17.1 Å². The fourth-order valence-electron chi connectivity index (χ4n) is 1.97. The summed E-state index contributed by atoms with van der Waals surface area (Å²) < 4.78 is 0. The van der Waals surface area contributed by atoms with E-state index in [4.69, 9.17) is 0 Å². The lowest BCUT2D eigenvalue weighted by atomic mass is 10.1. The fraction of sp³-hybridized carbons (Fsp3) is 0.636. The van der Waals surface area contributed by atoms with Crippen molar-refractivity contribution < 1.29 is 0 Å². The van der Waals surface area contributed by atoms with Gasteiger partial charge in [-0.1, -0.05) is 0 Å². The molecule has 0 aliphatic carbocycles. The fourth-order valence-corrected chi connectivity index (χ4v) is 2.56. The van der Waals surface area contributed by atoms with E-state index in [0.29, 0.717) is 6.04 Å². The van der Waals surface area contributed by atoms with Gasteiger partial charge < -0.3 is 10.2 Å². The molecule has 1 fully saturated rings. The van der Waals surface area contributed by atoms with Gasteiger partial charge in [-0.3, -0.25) is 0 Å². The molecule has 3 heteroatoms. The van der Waals surface area contributed by atoms with Crippen molar-refractivity contribution in [2.24, 2.45) is 0 Å². The van der Waals surface area contributed by atoms with Crippen molar-refractivity contribution in [3.05, 3.63) is 16.8 Å². The molecule has 0 aromatic carbocycles. The summed E-state index contributed by atoms with van der Waals surface area (Å²) in [6.07, 6.45) is 3.89. The van der Waals surface area contributed by atoms with E-state index in [0.717, 1.165) is 0 Å². The molecule has 1 aromatic heterocycles. The maximum atomic E-state index is 3.61. The SMILES string of the molecule is CN1CCCC(Nc2ccsc2)CC1. The second-order valence-corrected chi connectivity index (χ2v) is 4.87. The predicted octanol–water partition coefficient (Wildman–Crippen LogP) is 2.64. The zero-order valence-electron chi connectivity index (χ0n) is 8.70. The van der Waals surface area contributed by atoms with E-state index in [-0.39, 0.29) is 0 Å². The number of hydrogen-bond acceptors (Lipinski definition) is 3. The van der Waals surface area contributed by atoms with Crippen molar-refractivity contribution in [1.29, 1.82) is 0 Å². The first-order valence-corrected chi connectivity index (χ1v) is 6.26. The highest BCUT2D eigenvalue weighted by molar-refractivity contribution is 7.08. The van der Waals surface area contributed by atoms with E-state index >= 15 is 0 Å². The molecule has 1 N–H and O–H groups in total. The summed E-state index contributed by atoms with van der Waals surface area (Å²) in [5.41, 5.74) is 1.30. The number of nitrogens with zero attached hydrogens (tertiary/aromatic N) is 1. The molecule has 0 amide bonds. The highest BCUT2D eigenvalue weighted by Gasteiger charge is 2.14. The Morgan fingerprint density at radius 1 is 1.43 bits per heavy atom. The number of likely N-dealkylation sites (tertiary alicyclic amines) is 1. The van der Waals surface area contributed by atoms with E-state index in [1.54, 1.807) is 11.3 Å². The third-order valence-corrected chi connectivity index (χ3v) is 3.53. The van der Waals surface area contributed by atoms with Crippen LogP contribution < -0.4 is 5.32 Å². The Labute approximate surface area is 89.9 Å². The van der Waals surface area contributed by atoms with Crippen LogP contribution in [0.2, 0.25) is 0 Å². The lowest BCUT2D eigenvalue weighted by molar-refractivity contribution is 0.348. The van der Waals surface area contributed by atoms with Gasteiger partial charge in [-0.25, -0.2) is 0 Å². The number of nitrogens with one attached hydrogen (secondary N) is 1. The summed E-state index contributed by atoms with van der Waals surface area (Å²) >= 11 is 1.76. The summed E-state index contributed by atoms with van der Waals surface area (Å²) in [5, 5.41) is 7.92. The summed E-state index contributed by atoms with van der Waals surface area (Å²) in [7, 11) is 2.22. The van der Waals surface area contributed by atoms with Crippen LogP contribution in [0.25, 0.3) is 0 Å². The first-order chi connectivity index (χ1) is 6.84. The van der Waals surface area contributed by atoms with Crippen LogP contribution in [-0.2, 0) is 0 Å². The van der Waals surface area contributed by atoms with Crippen molar-refractivity contribution in [2.75, 3.05) is 25.5 Å². The molecule has 1 saturated heterocycles. The minimum absolute atomic E-state index is 0.676. The molecule has 14 heavy (non-hydrogen) atoms. The molecule has 1 aliphatic heterocycles. The van der Waals surface area contributed by atoms with Gasteiger partial charge in [0.2, 0.25) is 0 Å². The van der Waals surface area contributed by atoms with Gasteiger partial charge in [0.25, 0.3) is 0 Å². The monoisotopic (exact) mass is 210 g/mol. The summed E-state index contributed by atoms with van der Waals surface area (Å²) in [6, 6.07) is 2.84. The van der Waals surface area contributed by atoms with E-state index < -0.39 is 0 Å². The van der Waals surface area contributed by atoms with Crippen LogP contribution in [0.15, 0.2) is 16.8 Å².